The highest BCUT2D eigenvalue weighted by Crippen LogP contribution is 2.27. The number of benzene rings is 1. The number of hydrogen-bond acceptors (Lipinski definition) is 4. The molecule has 0 aliphatic carbocycles. The lowest BCUT2D eigenvalue weighted by Gasteiger charge is -2.10. The molecule has 0 aliphatic heterocycles. The molecule has 6 heteroatoms. The quantitative estimate of drug-likeness (QED) is 0.854. The van der Waals surface area contributed by atoms with Gasteiger partial charge in [-0.15, -0.1) is 0 Å². The molecule has 0 atom stereocenters. The maximum Gasteiger partial charge on any atom is 0.157 e. The lowest BCUT2D eigenvalue weighted by molar-refractivity contribution is 0.128. The van der Waals surface area contributed by atoms with Crippen molar-refractivity contribution in [1.29, 1.82) is 0 Å². The van der Waals surface area contributed by atoms with Crippen LogP contribution in [-0.2, 0) is 11.3 Å². The zero-order valence-electron chi connectivity index (χ0n) is 12.0. The van der Waals surface area contributed by atoms with Gasteiger partial charge in [0.05, 0.1) is 5.69 Å². The van der Waals surface area contributed by atoms with Crippen molar-refractivity contribution in [3.8, 4) is 11.3 Å². The van der Waals surface area contributed by atoms with Gasteiger partial charge in [-0.1, -0.05) is 23.2 Å². The molecule has 0 aliphatic rings. The molecule has 0 radical (unpaired) electrons. The van der Waals surface area contributed by atoms with Crippen molar-refractivity contribution in [3.05, 3.63) is 40.1 Å². The Balaban J connectivity index is 2.42. The van der Waals surface area contributed by atoms with Gasteiger partial charge < -0.3 is 10.1 Å². The first-order chi connectivity index (χ1) is 10.1. The molecule has 2 aromatic rings. The third-order valence-electron chi connectivity index (χ3n) is 2.72. The van der Waals surface area contributed by atoms with E-state index in [1.807, 2.05) is 32.0 Å². The summed E-state index contributed by atoms with van der Waals surface area (Å²) in [5, 5.41) is 4.34. The van der Waals surface area contributed by atoms with E-state index in [1.54, 1.807) is 6.07 Å². The molecule has 0 unspecified atom stereocenters. The van der Waals surface area contributed by atoms with Crippen molar-refractivity contribution in [2.45, 2.75) is 20.5 Å². The normalized spacial score (nSPS) is 10.7. The minimum absolute atomic E-state index is 0.372. The second-order valence-electron chi connectivity index (χ2n) is 4.38. The molecule has 1 heterocycles. The van der Waals surface area contributed by atoms with Gasteiger partial charge in [0.1, 0.15) is 12.4 Å². The fraction of sp³-hybridized carbons (Fsp3) is 0.333. The van der Waals surface area contributed by atoms with E-state index >= 15 is 0 Å². The molecular formula is C15H17Cl2N3O. The van der Waals surface area contributed by atoms with Crippen LogP contribution in [0.3, 0.4) is 0 Å². The van der Waals surface area contributed by atoms with Gasteiger partial charge in [0.25, 0.3) is 0 Å². The van der Waals surface area contributed by atoms with E-state index in [-0.39, 0.29) is 0 Å². The Labute approximate surface area is 134 Å². The second kappa shape index (κ2) is 7.59. The Bertz CT molecular complexity index is 600. The maximum atomic E-state index is 6.06. The summed E-state index contributed by atoms with van der Waals surface area (Å²) in [5.41, 5.74) is 1.62. The predicted octanol–water partition coefficient (Wildman–Crippen LogP) is 4.42. The van der Waals surface area contributed by atoms with Crippen LogP contribution in [0.5, 0.6) is 0 Å². The summed E-state index contributed by atoms with van der Waals surface area (Å²) in [6.45, 7) is 5.72. The molecule has 0 fully saturated rings. The van der Waals surface area contributed by atoms with Crippen LogP contribution in [0.15, 0.2) is 24.3 Å². The summed E-state index contributed by atoms with van der Waals surface area (Å²) in [5.74, 6) is 1.38. The van der Waals surface area contributed by atoms with E-state index < -0.39 is 0 Å². The Morgan fingerprint density at radius 1 is 1.05 bits per heavy atom. The Morgan fingerprint density at radius 2 is 1.76 bits per heavy atom. The molecule has 112 valence electrons. The number of halogens is 2. The van der Waals surface area contributed by atoms with Crippen molar-refractivity contribution in [2.75, 3.05) is 18.5 Å². The fourth-order valence-corrected chi connectivity index (χ4v) is 2.40. The first-order valence-electron chi connectivity index (χ1n) is 6.78. The molecule has 0 bridgehead atoms. The van der Waals surface area contributed by atoms with Gasteiger partial charge in [0.2, 0.25) is 0 Å². The van der Waals surface area contributed by atoms with Crippen LogP contribution in [-0.4, -0.2) is 23.1 Å². The molecule has 0 spiro atoms. The van der Waals surface area contributed by atoms with Gasteiger partial charge in [0.15, 0.2) is 5.82 Å². The molecule has 1 aromatic heterocycles. The Hall–Kier alpha value is -1.36. The number of rotatable bonds is 6. The smallest absolute Gasteiger partial charge is 0.157 e. The Kier molecular flexibility index (Phi) is 5.79. The van der Waals surface area contributed by atoms with E-state index in [9.17, 15) is 0 Å². The zero-order valence-corrected chi connectivity index (χ0v) is 13.5. The SMILES string of the molecule is CCNc1cc(-c2cc(Cl)cc(Cl)c2)nc(COCC)n1. The van der Waals surface area contributed by atoms with Gasteiger partial charge in [0, 0.05) is 34.8 Å². The minimum Gasteiger partial charge on any atom is -0.374 e. The van der Waals surface area contributed by atoms with Gasteiger partial charge in [-0.2, -0.15) is 0 Å². The minimum atomic E-state index is 0.372. The van der Waals surface area contributed by atoms with Crippen LogP contribution < -0.4 is 5.32 Å². The van der Waals surface area contributed by atoms with Crippen LogP contribution in [0.1, 0.15) is 19.7 Å². The third kappa shape index (κ3) is 4.56. The summed E-state index contributed by atoms with van der Waals surface area (Å²) in [6, 6.07) is 7.23. The lowest BCUT2D eigenvalue weighted by Crippen LogP contribution is -2.06. The van der Waals surface area contributed by atoms with Crippen molar-refractivity contribution in [2.24, 2.45) is 0 Å². The highest BCUT2D eigenvalue weighted by molar-refractivity contribution is 6.35. The standard InChI is InChI=1S/C15H17Cl2N3O/c1-3-18-14-8-13(19-15(20-14)9-21-4-2)10-5-11(16)7-12(17)6-10/h5-8H,3-4,9H2,1-2H3,(H,18,19,20). The molecule has 1 N–H and O–H groups in total. The second-order valence-corrected chi connectivity index (χ2v) is 5.25. The first kappa shape index (κ1) is 16.0. The van der Waals surface area contributed by atoms with E-state index in [1.165, 1.54) is 0 Å². The average molecular weight is 326 g/mol. The molecule has 0 saturated heterocycles. The predicted molar refractivity (Wildman–Crippen MR) is 87.0 cm³/mol. The molecular weight excluding hydrogens is 309 g/mol. The average Bonchev–Trinajstić information content (AvgIpc) is 2.44. The monoisotopic (exact) mass is 325 g/mol. The van der Waals surface area contributed by atoms with Crippen molar-refractivity contribution in [1.82, 2.24) is 9.97 Å². The Morgan fingerprint density at radius 3 is 2.38 bits per heavy atom. The topological polar surface area (TPSA) is 47.0 Å². The van der Waals surface area contributed by atoms with Crippen molar-refractivity contribution >= 4 is 29.0 Å². The van der Waals surface area contributed by atoms with E-state index in [0.29, 0.717) is 29.1 Å². The number of aromatic nitrogens is 2. The van der Waals surface area contributed by atoms with Gasteiger partial charge >= 0.3 is 0 Å². The van der Waals surface area contributed by atoms with Crippen LogP contribution in [0.25, 0.3) is 11.3 Å². The molecule has 21 heavy (non-hydrogen) atoms. The van der Waals surface area contributed by atoms with Crippen molar-refractivity contribution < 1.29 is 4.74 Å². The van der Waals surface area contributed by atoms with Crippen LogP contribution in [0.2, 0.25) is 10.0 Å². The zero-order chi connectivity index (χ0) is 15.2. The number of ether oxygens (including phenoxy) is 1. The van der Waals surface area contributed by atoms with Gasteiger partial charge in [-0.3, -0.25) is 0 Å². The van der Waals surface area contributed by atoms with E-state index in [0.717, 1.165) is 23.6 Å². The molecule has 1 aromatic carbocycles. The number of hydrogen-bond donors (Lipinski definition) is 1. The van der Waals surface area contributed by atoms with E-state index in [4.69, 9.17) is 27.9 Å². The van der Waals surface area contributed by atoms with Crippen molar-refractivity contribution in [3.63, 3.8) is 0 Å². The highest BCUT2D eigenvalue weighted by Gasteiger charge is 2.08. The van der Waals surface area contributed by atoms with E-state index in [2.05, 4.69) is 15.3 Å². The first-order valence-corrected chi connectivity index (χ1v) is 7.54. The third-order valence-corrected chi connectivity index (χ3v) is 3.16. The molecule has 2 rings (SSSR count). The van der Waals surface area contributed by atoms with Gasteiger partial charge in [-0.25, -0.2) is 9.97 Å². The molecule has 0 saturated carbocycles. The summed E-state index contributed by atoms with van der Waals surface area (Å²) in [7, 11) is 0. The largest absolute Gasteiger partial charge is 0.374 e. The number of nitrogens with one attached hydrogen (secondary N) is 1. The summed E-state index contributed by atoms with van der Waals surface area (Å²) in [4.78, 5) is 8.93. The molecule has 4 nitrogen and oxygen atoms in total. The number of anilines is 1. The summed E-state index contributed by atoms with van der Waals surface area (Å²) < 4.78 is 5.39. The fourth-order valence-electron chi connectivity index (χ4n) is 1.88. The lowest BCUT2D eigenvalue weighted by atomic mass is 10.1. The summed E-state index contributed by atoms with van der Waals surface area (Å²) in [6.07, 6.45) is 0. The van der Waals surface area contributed by atoms with Crippen LogP contribution in [0.4, 0.5) is 5.82 Å². The highest BCUT2D eigenvalue weighted by atomic mass is 35.5. The van der Waals surface area contributed by atoms with Gasteiger partial charge in [-0.05, 0) is 32.0 Å². The maximum absolute atomic E-state index is 6.06. The molecule has 0 amide bonds. The van der Waals surface area contributed by atoms with Crippen LogP contribution in [0, 0.1) is 0 Å². The van der Waals surface area contributed by atoms with Crippen LogP contribution >= 0.6 is 23.2 Å². The summed E-state index contributed by atoms with van der Waals surface area (Å²) >= 11 is 12.1. The number of nitrogens with zero attached hydrogens (tertiary/aromatic N) is 2.